The van der Waals surface area contributed by atoms with Crippen LogP contribution in [0.25, 0.3) is 32.3 Å². The maximum atomic E-state index is 12.0. The van der Waals surface area contributed by atoms with E-state index in [2.05, 4.69) is 97.3 Å². The van der Waals surface area contributed by atoms with E-state index in [0.29, 0.717) is 11.3 Å². The molecule has 6 aromatic rings. The van der Waals surface area contributed by atoms with Crippen LogP contribution in [0, 0.1) is 6.92 Å². The third-order valence-electron chi connectivity index (χ3n) is 6.69. The Morgan fingerprint density at radius 2 is 1.25 bits per heavy atom. The number of hydrogen-bond donors (Lipinski definition) is 0. The third kappa shape index (κ3) is 3.66. The lowest BCUT2D eigenvalue weighted by Gasteiger charge is -2.28. The van der Waals surface area contributed by atoms with Crippen molar-refractivity contribution in [2.24, 2.45) is 0 Å². The molecule has 0 bridgehead atoms. The number of aryl methyl sites for hydroxylation is 1. The van der Waals surface area contributed by atoms with E-state index in [9.17, 15) is 4.79 Å². The van der Waals surface area contributed by atoms with Crippen molar-refractivity contribution in [1.82, 2.24) is 0 Å². The van der Waals surface area contributed by atoms with E-state index < -0.39 is 5.97 Å². The lowest BCUT2D eigenvalue weighted by atomic mass is 9.93. The Kier molecular flexibility index (Phi) is 5.19. The lowest BCUT2D eigenvalue weighted by Crippen LogP contribution is -2.11. The minimum Gasteiger partial charge on any atom is -0.423 e. The Hall–Kier alpha value is -4.63. The Balaban J connectivity index is 1.56. The molecular weight excluding hydrogens is 442 g/mol. The van der Waals surface area contributed by atoms with Crippen molar-refractivity contribution < 1.29 is 9.53 Å². The predicted octanol–water partition coefficient (Wildman–Crippen LogP) is 8.84. The van der Waals surface area contributed by atoms with Crippen LogP contribution >= 0.6 is 0 Å². The van der Waals surface area contributed by atoms with Gasteiger partial charge in [0.2, 0.25) is 0 Å². The van der Waals surface area contributed by atoms with Crippen molar-refractivity contribution in [3.63, 3.8) is 0 Å². The maximum absolute atomic E-state index is 12.0. The van der Waals surface area contributed by atoms with Crippen LogP contribution in [0.5, 0.6) is 5.75 Å². The molecule has 0 radical (unpaired) electrons. The summed E-state index contributed by atoms with van der Waals surface area (Å²) < 4.78 is 5.43. The Morgan fingerprint density at radius 3 is 1.89 bits per heavy atom. The summed E-state index contributed by atoms with van der Waals surface area (Å²) in [5.74, 6) is 0.0657. The minimum atomic E-state index is -0.426. The van der Waals surface area contributed by atoms with Gasteiger partial charge in [-0.05, 0) is 83.2 Å². The second kappa shape index (κ2) is 8.54. The van der Waals surface area contributed by atoms with Crippen molar-refractivity contribution in [1.29, 1.82) is 0 Å². The number of rotatable bonds is 5. The van der Waals surface area contributed by atoms with E-state index in [-0.39, 0.29) is 0 Å². The summed E-state index contributed by atoms with van der Waals surface area (Å²) in [4.78, 5) is 14.2. The molecule has 0 heterocycles. The number of ether oxygens (including phenoxy) is 1. The van der Waals surface area contributed by atoms with Gasteiger partial charge in [-0.1, -0.05) is 72.8 Å². The van der Waals surface area contributed by atoms with Crippen molar-refractivity contribution in [3.05, 3.63) is 121 Å². The fraction of sp³-hybridized carbons (Fsp3) is 0.0606. The van der Waals surface area contributed by atoms with Gasteiger partial charge in [0.05, 0.1) is 5.69 Å². The van der Waals surface area contributed by atoms with Crippen LogP contribution < -0.4 is 9.64 Å². The average molecular weight is 468 g/mol. The van der Waals surface area contributed by atoms with Gasteiger partial charge in [0, 0.05) is 22.3 Å². The molecule has 0 unspecified atom stereocenters. The molecule has 0 saturated heterocycles. The van der Waals surface area contributed by atoms with Crippen molar-refractivity contribution in [3.8, 4) is 5.75 Å². The largest absolute Gasteiger partial charge is 0.423 e. The molecule has 3 heteroatoms. The molecule has 0 N–H and O–H groups in total. The second-order valence-electron chi connectivity index (χ2n) is 9.28. The topological polar surface area (TPSA) is 29.5 Å². The third-order valence-corrected chi connectivity index (χ3v) is 6.69. The predicted molar refractivity (Wildman–Crippen MR) is 150 cm³/mol. The van der Waals surface area contributed by atoms with Gasteiger partial charge in [-0.15, -0.1) is 0 Å². The van der Waals surface area contributed by atoms with Crippen LogP contribution in [0.1, 0.15) is 12.5 Å². The first kappa shape index (κ1) is 21.9. The van der Waals surface area contributed by atoms with Gasteiger partial charge in [-0.3, -0.25) is 0 Å². The number of benzene rings is 6. The van der Waals surface area contributed by atoms with Crippen molar-refractivity contribution >= 4 is 55.3 Å². The van der Waals surface area contributed by atoms with Gasteiger partial charge in [0.25, 0.3) is 0 Å². The van der Waals surface area contributed by atoms with E-state index in [4.69, 9.17) is 4.74 Å². The number of carbonyl (C=O) groups excluding carboxylic acids is 1. The fourth-order valence-corrected chi connectivity index (χ4v) is 4.89. The smallest absolute Gasteiger partial charge is 0.338 e. The first-order chi connectivity index (χ1) is 17.5. The maximum Gasteiger partial charge on any atom is 0.338 e. The number of carbonyl (C=O) groups is 1. The van der Waals surface area contributed by atoms with Gasteiger partial charge < -0.3 is 9.64 Å². The Bertz CT molecular complexity index is 1730. The molecule has 0 fully saturated rings. The zero-order valence-electron chi connectivity index (χ0n) is 20.3. The average Bonchev–Trinajstić information content (AvgIpc) is 2.90. The fourth-order valence-electron chi connectivity index (χ4n) is 4.89. The van der Waals surface area contributed by atoms with Crippen LogP contribution in [-0.2, 0) is 4.79 Å². The number of hydrogen-bond acceptors (Lipinski definition) is 3. The minimum absolute atomic E-state index is 0.369. The van der Waals surface area contributed by atoms with Gasteiger partial charge in [-0.2, -0.15) is 0 Å². The van der Waals surface area contributed by atoms with Crippen LogP contribution in [0.4, 0.5) is 17.1 Å². The normalized spacial score (nSPS) is 11.3. The van der Waals surface area contributed by atoms with Crippen LogP contribution in [0.3, 0.4) is 0 Å². The molecule has 0 aliphatic carbocycles. The van der Waals surface area contributed by atoms with Crippen molar-refractivity contribution in [2.45, 2.75) is 13.8 Å². The van der Waals surface area contributed by atoms with Gasteiger partial charge >= 0.3 is 5.97 Å². The summed E-state index contributed by atoms with van der Waals surface area (Å²) in [6.45, 7) is 7.40. The van der Waals surface area contributed by atoms with E-state index in [0.717, 1.165) is 17.1 Å². The van der Waals surface area contributed by atoms with E-state index in [1.807, 2.05) is 24.3 Å². The summed E-state index contributed by atoms with van der Waals surface area (Å²) >= 11 is 0. The molecule has 36 heavy (non-hydrogen) atoms. The monoisotopic (exact) mass is 467 g/mol. The van der Waals surface area contributed by atoms with Crippen LogP contribution in [-0.4, -0.2) is 5.97 Å². The van der Waals surface area contributed by atoms with Crippen molar-refractivity contribution in [2.75, 3.05) is 4.90 Å². The van der Waals surface area contributed by atoms with Crippen LogP contribution in [0.2, 0.25) is 0 Å². The number of nitrogens with zero attached hydrogens (tertiary/aromatic N) is 1. The van der Waals surface area contributed by atoms with Gasteiger partial charge in [0.1, 0.15) is 5.75 Å². The zero-order valence-corrected chi connectivity index (χ0v) is 20.3. The molecule has 0 aromatic heterocycles. The summed E-state index contributed by atoms with van der Waals surface area (Å²) in [6, 6.07) is 35.9. The molecule has 6 aromatic carbocycles. The molecule has 0 aliphatic heterocycles. The highest BCUT2D eigenvalue weighted by molar-refractivity contribution is 6.25. The highest BCUT2D eigenvalue weighted by atomic mass is 16.5. The summed E-state index contributed by atoms with van der Waals surface area (Å²) in [5.41, 5.74) is 4.70. The molecule has 0 spiro atoms. The molecule has 0 aliphatic rings. The SMILES string of the molecule is C=C(C)C(=O)Oc1ccc(N(c2ccc(C)cc2)c2ccc3ccc4cccc5ccc2c3c45)cc1. The summed E-state index contributed by atoms with van der Waals surface area (Å²) in [6.07, 6.45) is 0. The molecular formula is C33H25NO2. The van der Waals surface area contributed by atoms with E-state index >= 15 is 0 Å². The van der Waals surface area contributed by atoms with Crippen LogP contribution in [0.15, 0.2) is 115 Å². The number of anilines is 3. The van der Waals surface area contributed by atoms with E-state index in [1.165, 1.54) is 37.9 Å². The molecule has 0 amide bonds. The number of esters is 1. The summed E-state index contributed by atoms with van der Waals surface area (Å²) in [7, 11) is 0. The highest BCUT2D eigenvalue weighted by Gasteiger charge is 2.18. The first-order valence-corrected chi connectivity index (χ1v) is 12.0. The van der Waals surface area contributed by atoms with Gasteiger partial charge in [-0.25, -0.2) is 4.79 Å². The Labute approximate surface area is 210 Å². The molecule has 174 valence electrons. The Morgan fingerprint density at radius 1 is 0.694 bits per heavy atom. The lowest BCUT2D eigenvalue weighted by molar-refractivity contribution is -0.130. The summed E-state index contributed by atoms with van der Waals surface area (Å²) in [5, 5.41) is 7.47. The molecule has 0 atom stereocenters. The zero-order chi connectivity index (χ0) is 24.8. The first-order valence-electron chi connectivity index (χ1n) is 12.0. The van der Waals surface area contributed by atoms with E-state index in [1.54, 1.807) is 6.92 Å². The molecule has 6 rings (SSSR count). The second-order valence-corrected chi connectivity index (χ2v) is 9.28. The quantitative estimate of drug-likeness (QED) is 0.110. The molecule has 0 saturated carbocycles. The molecule has 3 nitrogen and oxygen atoms in total. The highest BCUT2D eigenvalue weighted by Crippen LogP contribution is 2.43. The standard InChI is InChI=1S/C33H25NO2/c1-21(2)33(35)36-28-17-15-27(16-18-28)34(26-13-7-22(3)8-14-26)30-20-12-25-10-9-23-5-4-6-24-11-19-29(30)32(25)31(23)24/h4-20H,1H2,2-3H3. The van der Waals surface area contributed by atoms with Gasteiger partial charge in [0.15, 0.2) is 0 Å².